The molecule has 1 aromatic heterocycles. The van der Waals surface area contributed by atoms with Crippen molar-refractivity contribution >= 4 is 17.5 Å². The molecular formula is C19H21F4N5O2. The number of nitrogens with zero attached hydrogens (tertiary/aromatic N) is 3. The highest BCUT2D eigenvalue weighted by atomic mass is 19.4. The largest absolute Gasteiger partial charge is 0.476 e. The molecule has 30 heavy (non-hydrogen) atoms. The fourth-order valence-corrected chi connectivity index (χ4v) is 2.48. The van der Waals surface area contributed by atoms with Crippen LogP contribution in [0.2, 0.25) is 0 Å². The second kappa shape index (κ2) is 9.42. The first-order chi connectivity index (χ1) is 14.1. The number of aliphatic imine (C=N–C) groups is 1. The maximum absolute atomic E-state index is 13.1. The quantitative estimate of drug-likeness (QED) is 0.419. The third kappa shape index (κ3) is 5.58. The summed E-state index contributed by atoms with van der Waals surface area (Å²) in [5, 5.41) is 2.49. The van der Waals surface area contributed by atoms with Crippen LogP contribution in [0.25, 0.3) is 0 Å². The number of aryl methyl sites for hydroxylation is 1. The normalized spacial score (nSPS) is 13.8. The molecule has 7 nitrogen and oxygen atoms in total. The lowest BCUT2D eigenvalue weighted by Gasteiger charge is -2.17. The Morgan fingerprint density at radius 1 is 1.37 bits per heavy atom. The molecular weight excluding hydrogens is 406 g/mol. The Kier molecular flexibility index (Phi) is 7.19. The molecule has 1 atom stereocenters. The van der Waals surface area contributed by atoms with E-state index in [2.05, 4.69) is 15.3 Å². The van der Waals surface area contributed by atoms with Gasteiger partial charge in [-0.3, -0.25) is 4.79 Å². The third-order valence-corrected chi connectivity index (χ3v) is 4.00. The minimum Gasteiger partial charge on any atom is -0.476 e. The molecule has 1 heterocycles. The van der Waals surface area contributed by atoms with Crippen LogP contribution in [0.4, 0.5) is 23.2 Å². The van der Waals surface area contributed by atoms with Crippen molar-refractivity contribution in [3.8, 4) is 0 Å². The number of amides is 1. The Bertz CT molecular complexity index is 949. The average Bonchev–Trinajstić information content (AvgIpc) is 3.08. The molecule has 0 aliphatic heterocycles. The van der Waals surface area contributed by atoms with Crippen molar-refractivity contribution in [3.63, 3.8) is 0 Å². The van der Waals surface area contributed by atoms with E-state index in [1.165, 1.54) is 38.1 Å². The molecule has 0 radical (unpaired) electrons. The summed E-state index contributed by atoms with van der Waals surface area (Å²) < 4.78 is 58.2. The number of ether oxygens (including phenoxy) is 1. The molecule has 0 spiro atoms. The van der Waals surface area contributed by atoms with Gasteiger partial charge in [-0.05, 0) is 45.0 Å². The molecule has 1 amide bonds. The zero-order valence-corrected chi connectivity index (χ0v) is 16.5. The van der Waals surface area contributed by atoms with Gasteiger partial charge in [-0.2, -0.15) is 13.2 Å². The molecule has 3 N–H and O–H groups in total. The summed E-state index contributed by atoms with van der Waals surface area (Å²) in [5.41, 5.74) is 4.85. The number of hydrogen-bond donors (Lipinski definition) is 2. The zero-order valence-electron chi connectivity index (χ0n) is 16.5. The van der Waals surface area contributed by atoms with E-state index in [1.54, 1.807) is 6.92 Å². The monoisotopic (exact) mass is 427 g/mol. The third-order valence-electron chi connectivity index (χ3n) is 4.00. The van der Waals surface area contributed by atoms with E-state index in [1.807, 2.05) is 0 Å². The summed E-state index contributed by atoms with van der Waals surface area (Å²) >= 11 is 0. The van der Waals surface area contributed by atoms with E-state index in [4.69, 9.17) is 10.5 Å². The van der Waals surface area contributed by atoms with E-state index < -0.39 is 29.6 Å². The first-order valence-electron chi connectivity index (χ1n) is 8.89. The van der Waals surface area contributed by atoms with E-state index in [0.29, 0.717) is 5.69 Å². The molecule has 2 rings (SSSR count). The summed E-state index contributed by atoms with van der Waals surface area (Å²) in [4.78, 5) is 20.3. The number of halogens is 4. The van der Waals surface area contributed by atoms with Gasteiger partial charge >= 0.3 is 6.18 Å². The topological polar surface area (TPSA) is 94.5 Å². The van der Waals surface area contributed by atoms with Gasteiger partial charge in [0.05, 0.1) is 12.3 Å². The highest BCUT2D eigenvalue weighted by Gasteiger charge is 2.35. The van der Waals surface area contributed by atoms with Crippen molar-refractivity contribution in [1.29, 1.82) is 0 Å². The SMILES string of the molecule is CCOC(=Nc1ccc(F)cc1)C(=CN)NC(=O)C(C)n1cc(C(F)(F)F)nc1C. The molecule has 2 aromatic rings. The molecule has 1 unspecified atom stereocenters. The lowest BCUT2D eigenvalue weighted by molar-refractivity contribution is -0.141. The molecule has 0 bridgehead atoms. The molecule has 0 saturated carbocycles. The van der Waals surface area contributed by atoms with Gasteiger partial charge in [0.2, 0.25) is 11.8 Å². The van der Waals surface area contributed by atoms with Crippen LogP contribution in [-0.2, 0) is 15.7 Å². The van der Waals surface area contributed by atoms with E-state index in [0.717, 1.165) is 17.0 Å². The second-order valence-electron chi connectivity index (χ2n) is 6.15. The summed E-state index contributed by atoms with van der Waals surface area (Å²) in [7, 11) is 0. The van der Waals surface area contributed by atoms with Crippen molar-refractivity contribution in [1.82, 2.24) is 14.9 Å². The Balaban J connectivity index is 2.25. The van der Waals surface area contributed by atoms with Crippen LogP contribution in [0.5, 0.6) is 0 Å². The predicted octanol–water partition coefficient (Wildman–Crippen LogP) is 3.59. The van der Waals surface area contributed by atoms with Crippen LogP contribution in [0.15, 0.2) is 47.4 Å². The van der Waals surface area contributed by atoms with Gasteiger partial charge in [-0.15, -0.1) is 0 Å². The first kappa shape index (κ1) is 22.9. The highest BCUT2D eigenvalue weighted by Crippen LogP contribution is 2.29. The zero-order chi connectivity index (χ0) is 22.5. The van der Waals surface area contributed by atoms with Crippen LogP contribution in [0, 0.1) is 12.7 Å². The summed E-state index contributed by atoms with van der Waals surface area (Å²) in [6.45, 7) is 4.65. The standard InChI is InChI=1S/C19H21F4N5O2/c1-4-30-18(26-14-7-5-13(20)6-8-14)15(9-24)27-17(29)11(2)28-10-16(19(21,22)23)25-12(28)3/h5-11H,4,24H2,1-3H3,(H,27,29). The molecule has 0 aliphatic rings. The summed E-state index contributed by atoms with van der Waals surface area (Å²) in [6, 6.07) is 4.18. The maximum atomic E-state index is 13.1. The summed E-state index contributed by atoms with van der Waals surface area (Å²) in [5.74, 6) is -1.12. The van der Waals surface area contributed by atoms with Gasteiger partial charge in [0.1, 0.15) is 23.4 Å². The van der Waals surface area contributed by atoms with Gasteiger partial charge in [0, 0.05) is 12.4 Å². The smallest absolute Gasteiger partial charge is 0.434 e. The number of hydrogen-bond acceptors (Lipinski definition) is 5. The van der Waals surface area contributed by atoms with E-state index in [9.17, 15) is 22.4 Å². The van der Waals surface area contributed by atoms with Gasteiger partial charge in [0.15, 0.2) is 5.69 Å². The Morgan fingerprint density at radius 2 is 2.00 bits per heavy atom. The van der Waals surface area contributed by atoms with Crippen molar-refractivity contribution in [2.45, 2.75) is 33.0 Å². The van der Waals surface area contributed by atoms with E-state index in [-0.39, 0.29) is 24.0 Å². The van der Waals surface area contributed by atoms with Crippen LogP contribution >= 0.6 is 0 Å². The van der Waals surface area contributed by atoms with Crippen molar-refractivity contribution in [2.24, 2.45) is 10.7 Å². The van der Waals surface area contributed by atoms with Crippen LogP contribution < -0.4 is 11.1 Å². The number of alkyl halides is 3. The fraction of sp³-hybridized carbons (Fsp3) is 0.316. The van der Waals surface area contributed by atoms with Gasteiger partial charge in [0.25, 0.3) is 0 Å². The minimum atomic E-state index is -4.63. The van der Waals surface area contributed by atoms with Gasteiger partial charge < -0.3 is 20.4 Å². The summed E-state index contributed by atoms with van der Waals surface area (Å²) in [6.07, 6.45) is -2.81. The second-order valence-corrected chi connectivity index (χ2v) is 6.15. The number of rotatable bonds is 6. The van der Waals surface area contributed by atoms with Crippen molar-refractivity contribution in [2.75, 3.05) is 6.61 Å². The van der Waals surface area contributed by atoms with Crippen molar-refractivity contribution < 1.29 is 27.1 Å². The van der Waals surface area contributed by atoms with Crippen LogP contribution in [0.3, 0.4) is 0 Å². The number of nitrogens with one attached hydrogen (secondary N) is 1. The van der Waals surface area contributed by atoms with Gasteiger partial charge in [-0.1, -0.05) is 0 Å². The number of carbonyl (C=O) groups is 1. The highest BCUT2D eigenvalue weighted by molar-refractivity contribution is 5.99. The lowest BCUT2D eigenvalue weighted by atomic mass is 10.2. The molecule has 11 heteroatoms. The fourth-order valence-electron chi connectivity index (χ4n) is 2.48. The van der Waals surface area contributed by atoms with Crippen LogP contribution in [0.1, 0.15) is 31.4 Å². The van der Waals surface area contributed by atoms with Crippen LogP contribution in [-0.4, -0.2) is 28.0 Å². The molecule has 0 saturated heterocycles. The molecule has 1 aromatic carbocycles. The van der Waals surface area contributed by atoms with Crippen molar-refractivity contribution in [3.05, 3.63) is 59.7 Å². The molecule has 0 aliphatic carbocycles. The van der Waals surface area contributed by atoms with E-state index >= 15 is 0 Å². The number of nitrogens with two attached hydrogens (primary N) is 1. The minimum absolute atomic E-state index is 0.00633. The maximum Gasteiger partial charge on any atom is 0.434 e. The first-order valence-corrected chi connectivity index (χ1v) is 8.89. The molecule has 162 valence electrons. The Morgan fingerprint density at radius 3 is 2.50 bits per heavy atom. The lowest BCUT2D eigenvalue weighted by Crippen LogP contribution is -2.34. The van der Waals surface area contributed by atoms with Gasteiger partial charge in [-0.25, -0.2) is 14.4 Å². The Hall–Kier alpha value is -3.37. The number of aromatic nitrogens is 2. The average molecular weight is 427 g/mol. The predicted molar refractivity (Wildman–Crippen MR) is 102 cm³/mol. The number of benzene rings is 1. The Labute approximate surface area is 170 Å². The number of imidazole rings is 1. The molecule has 0 fully saturated rings. The number of carbonyl (C=O) groups excluding carboxylic acids is 1.